The van der Waals surface area contributed by atoms with Crippen molar-refractivity contribution >= 4 is 22.7 Å². The van der Waals surface area contributed by atoms with Crippen LogP contribution in [-0.2, 0) is 16.1 Å². The number of rotatable bonds is 4. The first-order chi connectivity index (χ1) is 12.7. The Bertz CT molecular complexity index is 758. The standard InChI is InChI=1S/C21H27N3O2/c25-20(22-14-17-13-16-9-4-5-10-18(16)23-17)19-11-6-12-24(19)21(26)15-7-2-1-3-8-15/h4-5,9-10,13,15,19,23H,1-3,6-8,11-12,14H2,(H,22,25)/t19-/m0/s1. The maximum Gasteiger partial charge on any atom is 0.243 e. The predicted molar refractivity (Wildman–Crippen MR) is 101 cm³/mol. The van der Waals surface area contributed by atoms with Crippen LogP contribution in [0.4, 0.5) is 0 Å². The molecule has 0 unspecified atom stereocenters. The highest BCUT2D eigenvalue weighted by atomic mass is 16.2. The molecule has 1 saturated heterocycles. The van der Waals surface area contributed by atoms with Gasteiger partial charge < -0.3 is 15.2 Å². The van der Waals surface area contributed by atoms with Crippen molar-refractivity contribution in [1.82, 2.24) is 15.2 Å². The molecule has 0 bridgehead atoms. The van der Waals surface area contributed by atoms with Crippen LogP contribution < -0.4 is 5.32 Å². The third kappa shape index (κ3) is 3.48. The third-order valence-corrected chi connectivity index (χ3v) is 5.83. The maximum atomic E-state index is 12.8. The minimum absolute atomic E-state index is 0.0229. The van der Waals surface area contributed by atoms with E-state index in [1.165, 1.54) is 6.42 Å². The van der Waals surface area contributed by atoms with E-state index in [0.29, 0.717) is 6.54 Å². The van der Waals surface area contributed by atoms with Crippen molar-refractivity contribution in [3.05, 3.63) is 36.0 Å². The average molecular weight is 353 g/mol. The van der Waals surface area contributed by atoms with E-state index >= 15 is 0 Å². The third-order valence-electron chi connectivity index (χ3n) is 5.83. The summed E-state index contributed by atoms with van der Waals surface area (Å²) in [5, 5.41) is 4.17. The van der Waals surface area contributed by atoms with Gasteiger partial charge in [0.1, 0.15) is 6.04 Å². The molecule has 1 saturated carbocycles. The van der Waals surface area contributed by atoms with Gasteiger partial charge in [-0.05, 0) is 43.2 Å². The van der Waals surface area contributed by atoms with Crippen molar-refractivity contribution in [2.24, 2.45) is 5.92 Å². The van der Waals surface area contributed by atoms with E-state index in [4.69, 9.17) is 0 Å². The number of hydrogen-bond donors (Lipinski definition) is 2. The highest BCUT2D eigenvalue weighted by Crippen LogP contribution is 2.29. The van der Waals surface area contributed by atoms with Gasteiger partial charge in [-0.1, -0.05) is 37.5 Å². The Morgan fingerprint density at radius 2 is 1.88 bits per heavy atom. The Morgan fingerprint density at radius 1 is 1.08 bits per heavy atom. The minimum Gasteiger partial charge on any atom is -0.357 e. The number of aromatic amines is 1. The van der Waals surface area contributed by atoms with Gasteiger partial charge in [-0.3, -0.25) is 9.59 Å². The number of hydrogen-bond acceptors (Lipinski definition) is 2. The number of H-pyrrole nitrogens is 1. The zero-order chi connectivity index (χ0) is 17.9. The molecule has 138 valence electrons. The van der Waals surface area contributed by atoms with E-state index in [-0.39, 0.29) is 23.8 Å². The molecule has 5 heteroatoms. The van der Waals surface area contributed by atoms with Crippen molar-refractivity contribution in [3.63, 3.8) is 0 Å². The van der Waals surface area contributed by atoms with Gasteiger partial charge in [-0.25, -0.2) is 0 Å². The van der Waals surface area contributed by atoms with E-state index in [9.17, 15) is 9.59 Å². The van der Waals surface area contributed by atoms with Crippen LogP contribution in [0, 0.1) is 5.92 Å². The predicted octanol–water partition coefficient (Wildman–Crippen LogP) is 3.36. The molecule has 2 fully saturated rings. The number of carbonyl (C=O) groups excluding carboxylic acids is 2. The fourth-order valence-electron chi connectivity index (χ4n) is 4.42. The van der Waals surface area contributed by atoms with Gasteiger partial charge in [0.2, 0.25) is 11.8 Å². The second-order valence-corrected chi connectivity index (χ2v) is 7.62. The molecule has 2 N–H and O–H groups in total. The molecule has 1 aliphatic carbocycles. The number of nitrogens with zero attached hydrogens (tertiary/aromatic N) is 1. The van der Waals surface area contributed by atoms with Gasteiger partial charge in [0.25, 0.3) is 0 Å². The second kappa shape index (κ2) is 7.52. The van der Waals surface area contributed by atoms with Gasteiger partial charge in [-0.2, -0.15) is 0 Å². The molecule has 4 rings (SSSR count). The fourth-order valence-corrected chi connectivity index (χ4v) is 4.42. The van der Waals surface area contributed by atoms with E-state index in [2.05, 4.69) is 22.4 Å². The summed E-state index contributed by atoms with van der Waals surface area (Å²) in [7, 11) is 0. The van der Waals surface area contributed by atoms with Gasteiger partial charge in [0, 0.05) is 23.7 Å². The van der Waals surface area contributed by atoms with E-state index in [1.54, 1.807) is 0 Å². The van der Waals surface area contributed by atoms with Crippen LogP contribution in [-0.4, -0.2) is 34.3 Å². The first kappa shape index (κ1) is 17.1. The van der Waals surface area contributed by atoms with Crippen molar-refractivity contribution < 1.29 is 9.59 Å². The lowest BCUT2D eigenvalue weighted by Crippen LogP contribution is -2.48. The number of carbonyl (C=O) groups is 2. The zero-order valence-electron chi connectivity index (χ0n) is 15.2. The Balaban J connectivity index is 1.37. The quantitative estimate of drug-likeness (QED) is 0.885. The molecule has 1 atom stereocenters. The number of aromatic nitrogens is 1. The largest absolute Gasteiger partial charge is 0.357 e. The smallest absolute Gasteiger partial charge is 0.243 e. The Hall–Kier alpha value is -2.30. The second-order valence-electron chi connectivity index (χ2n) is 7.62. The lowest BCUT2D eigenvalue weighted by Gasteiger charge is -2.30. The summed E-state index contributed by atoms with van der Waals surface area (Å²) in [6.45, 7) is 1.19. The maximum absolute atomic E-state index is 12.8. The summed E-state index contributed by atoms with van der Waals surface area (Å²) >= 11 is 0. The Labute approximate surface area is 154 Å². The molecule has 2 aromatic rings. The summed E-state index contributed by atoms with van der Waals surface area (Å²) < 4.78 is 0. The summed E-state index contributed by atoms with van der Waals surface area (Å²) in [5.74, 6) is 0.309. The number of para-hydroxylation sites is 1. The number of benzene rings is 1. The minimum atomic E-state index is -0.297. The Kier molecular flexibility index (Phi) is 4.96. The molecule has 1 aromatic carbocycles. The summed E-state index contributed by atoms with van der Waals surface area (Å²) in [4.78, 5) is 30.7. The molecular weight excluding hydrogens is 326 g/mol. The van der Waals surface area contributed by atoms with Crippen LogP contribution in [0.2, 0.25) is 0 Å². The summed E-state index contributed by atoms with van der Waals surface area (Å²) in [5.41, 5.74) is 2.06. The molecule has 1 aromatic heterocycles. The fraction of sp³-hybridized carbons (Fsp3) is 0.524. The van der Waals surface area contributed by atoms with Gasteiger partial charge in [-0.15, -0.1) is 0 Å². The lowest BCUT2D eigenvalue weighted by molar-refractivity contribution is -0.142. The summed E-state index contributed by atoms with van der Waals surface area (Å²) in [6.07, 6.45) is 7.18. The SMILES string of the molecule is O=C(NCc1cc2ccccc2[nH]1)[C@@H]1CCCN1C(=O)C1CCCCC1. The highest BCUT2D eigenvalue weighted by molar-refractivity contribution is 5.89. The van der Waals surface area contributed by atoms with E-state index < -0.39 is 0 Å². The normalized spacial score (nSPS) is 21.2. The van der Waals surface area contributed by atoms with Gasteiger partial charge >= 0.3 is 0 Å². The molecule has 26 heavy (non-hydrogen) atoms. The first-order valence-corrected chi connectivity index (χ1v) is 9.87. The van der Waals surface area contributed by atoms with Crippen molar-refractivity contribution in [3.8, 4) is 0 Å². The lowest BCUT2D eigenvalue weighted by atomic mass is 9.88. The van der Waals surface area contributed by atoms with Crippen LogP contribution in [0.5, 0.6) is 0 Å². The monoisotopic (exact) mass is 353 g/mol. The van der Waals surface area contributed by atoms with Crippen molar-refractivity contribution in [1.29, 1.82) is 0 Å². The van der Waals surface area contributed by atoms with Crippen LogP contribution in [0.25, 0.3) is 10.9 Å². The number of likely N-dealkylation sites (tertiary alicyclic amines) is 1. The van der Waals surface area contributed by atoms with E-state index in [1.807, 2.05) is 23.1 Å². The number of nitrogens with one attached hydrogen (secondary N) is 2. The van der Waals surface area contributed by atoms with Crippen LogP contribution in [0.3, 0.4) is 0 Å². The molecule has 2 heterocycles. The average Bonchev–Trinajstić information content (AvgIpc) is 3.33. The molecular formula is C21H27N3O2. The molecule has 5 nitrogen and oxygen atoms in total. The molecule has 0 radical (unpaired) electrons. The zero-order valence-corrected chi connectivity index (χ0v) is 15.2. The topological polar surface area (TPSA) is 65.2 Å². The molecule has 0 spiro atoms. The Morgan fingerprint density at radius 3 is 2.69 bits per heavy atom. The molecule has 2 amide bonds. The van der Waals surface area contributed by atoms with Crippen LogP contribution in [0.1, 0.15) is 50.6 Å². The van der Waals surface area contributed by atoms with Crippen LogP contribution in [0.15, 0.2) is 30.3 Å². The number of fused-ring (bicyclic) bond motifs is 1. The van der Waals surface area contributed by atoms with Crippen molar-refractivity contribution in [2.45, 2.75) is 57.5 Å². The van der Waals surface area contributed by atoms with Gasteiger partial charge in [0.05, 0.1) is 6.54 Å². The van der Waals surface area contributed by atoms with Gasteiger partial charge in [0.15, 0.2) is 0 Å². The highest BCUT2D eigenvalue weighted by Gasteiger charge is 2.37. The van der Waals surface area contributed by atoms with Crippen LogP contribution >= 0.6 is 0 Å². The van der Waals surface area contributed by atoms with Crippen molar-refractivity contribution in [2.75, 3.05) is 6.54 Å². The van der Waals surface area contributed by atoms with E-state index in [0.717, 1.165) is 61.7 Å². The number of amides is 2. The summed E-state index contributed by atoms with van der Waals surface area (Å²) in [6, 6.07) is 9.85. The molecule has 2 aliphatic rings. The molecule has 1 aliphatic heterocycles. The first-order valence-electron chi connectivity index (χ1n) is 9.87.